The van der Waals surface area contributed by atoms with Crippen LogP contribution in [0.2, 0.25) is 10.0 Å². The molecule has 8 nitrogen and oxygen atoms in total. The Kier molecular flexibility index (Phi) is 7.41. The molecule has 1 aromatic heterocycles. The molecule has 5 heterocycles. The SMILES string of the molecule is C#Cc1c(Cl)ccc2cc(O)cc(-c3c(Cl)cc4c(N5CC6CCC(C5)N6)nc(OCC5(CN6CC7COCC7C6)CC5)nc4c3F)c12. The number of piperazine rings is 1. The van der Waals surface area contributed by atoms with Crippen molar-refractivity contribution >= 4 is 50.7 Å². The van der Waals surface area contributed by atoms with Crippen LogP contribution in [0.1, 0.15) is 31.2 Å². The first-order valence-electron chi connectivity index (χ1n) is 16.8. The van der Waals surface area contributed by atoms with Gasteiger partial charge in [0.05, 0.1) is 35.4 Å². The molecule has 3 aromatic carbocycles. The van der Waals surface area contributed by atoms with Crippen molar-refractivity contribution in [3.63, 3.8) is 0 Å². The third-order valence-electron chi connectivity index (χ3n) is 11.2. The summed E-state index contributed by atoms with van der Waals surface area (Å²) in [5, 5.41) is 16.5. The molecule has 2 N–H and O–H groups in total. The molecule has 4 unspecified atom stereocenters. The Bertz CT molecular complexity index is 1990. The molecule has 2 bridgehead atoms. The second-order valence-electron chi connectivity index (χ2n) is 14.5. The van der Waals surface area contributed by atoms with Gasteiger partial charge in [-0.15, -0.1) is 6.42 Å². The first kappa shape index (κ1) is 30.7. The number of fused-ring (bicyclic) bond motifs is 5. The predicted molar refractivity (Wildman–Crippen MR) is 186 cm³/mol. The van der Waals surface area contributed by atoms with Crippen LogP contribution >= 0.6 is 23.2 Å². The number of anilines is 1. The molecule has 0 spiro atoms. The molecule has 0 amide bonds. The Morgan fingerprint density at radius 3 is 2.50 bits per heavy atom. The van der Waals surface area contributed by atoms with E-state index in [1.807, 2.05) is 0 Å². The number of aromatic hydroxyl groups is 1. The number of hydrogen-bond acceptors (Lipinski definition) is 8. The van der Waals surface area contributed by atoms with Crippen molar-refractivity contribution in [2.75, 3.05) is 57.4 Å². The fraction of sp³-hybridized carbons (Fsp3) is 0.459. The number of halogens is 3. The lowest BCUT2D eigenvalue weighted by Crippen LogP contribution is -2.51. The summed E-state index contributed by atoms with van der Waals surface area (Å²) in [6, 6.07) is 9.01. The second kappa shape index (κ2) is 11.6. The van der Waals surface area contributed by atoms with Crippen LogP contribution < -0.4 is 15.0 Å². The highest BCUT2D eigenvalue weighted by Gasteiger charge is 2.48. The number of rotatable bonds is 7. The average molecular weight is 689 g/mol. The van der Waals surface area contributed by atoms with Crippen molar-refractivity contribution in [2.24, 2.45) is 17.3 Å². The lowest BCUT2D eigenvalue weighted by Gasteiger charge is -2.34. The van der Waals surface area contributed by atoms with E-state index in [4.69, 9.17) is 49.1 Å². The van der Waals surface area contributed by atoms with E-state index in [0.717, 1.165) is 71.6 Å². The minimum atomic E-state index is -0.633. The largest absolute Gasteiger partial charge is 0.508 e. The number of terminal acetylenes is 1. The van der Waals surface area contributed by atoms with Crippen LogP contribution in [0.4, 0.5) is 10.2 Å². The molecule has 248 valence electrons. The first-order valence-corrected chi connectivity index (χ1v) is 17.6. The smallest absolute Gasteiger partial charge is 0.319 e. The Hall–Kier alpha value is -3.39. The van der Waals surface area contributed by atoms with Crippen LogP contribution in [0.3, 0.4) is 0 Å². The zero-order chi connectivity index (χ0) is 32.7. The van der Waals surface area contributed by atoms with E-state index >= 15 is 4.39 Å². The lowest BCUT2D eigenvalue weighted by atomic mass is 9.93. The minimum Gasteiger partial charge on any atom is -0.508 e. The zero-order valence-electron chi connectivity index (χ0n) is 26.4. The number of nitrogens with one attached hydrogen (secondary N) is 1. The van der Waals surface area contributed by atoms with Crippen molar-refractivity contribution < 1.29 is 19.0 Å². The molecule has 1 aliphatic carbocycles. The summed E-state index contributed by atoms with van der Waals surface area (Å²) in [6.45, 7) is 6.79. The highest BCUT2D eigenvalue weighted by molar-refractivity contribution is 6.36. The van der Waals surface area contributed by atoms with E-state index in [1.54, 1.807) is 24.3 Å². The van der Waals surface area contributed by atoms with Gasteiger partial charge in [0, 0.05) is 78.4 Å². The molecule has 4 aromatic rings. The number of aromatic nitrogens is 2. The number of hydrogen-bond donors (Lipinski definition) is 2. The Balaban J connectivity index is 1.13. The predicted octanol–water partition coefficient (Wildman–Crippen LogP) is 6.26. The quantitative estimate of drug-likeness (QED) is 0.221. The van der Waals surface area contributed by atoms with E-state index in [9.17, 15) is 5.11 Å². The van der Waals surface area contributed by atoms with Crippen LogP contribution in [0.15, 0.2) is 30.3 Å². The number of likely N-dealkylation sites (tertiary alicyclic amines) is 1. The lowest BCUT2D eigenvalue weighted by molar-refractivity contribution is 0.131. The van der Waals surface area contributed by atoms with Crippen molar-refractivity contribution in [1.29, 1.82) is 0 Å². The summed E-state index contributed by atoms with van der Waals surface area (Å²) in [5.41, 5.74) is 0.972. The molecule has 11 heteroatoms. The van der Waals surface area contributed by atoms with Crippen LogP contribution in [0, 0.1) is 35.4 Å². The van der Waals surface area contributed by atoms with Gasteiger partial charge in [-0.1, -0.05) is 35.2 Å². The van der Waals surface area contributed by atoms with Gasteiger partial charge in [-0.3, -0.25) is 0 Å². The van der Waals surface area contributed by atoms with Gasteiger partial charge in [-0.2, -0.15) is 9.97 Å². The summed E-state index contributed by atoms with van der Waals surface area (Å²) < 4.78 is 29.2. The van der Waals surface area contributed by atoms with Gasteiger partial charge in [0.1, 0.15) is 17.1 Å². The number of benzene rings is 3. The summed E-state index contributed by atoms with van der Waals surface area (Å²) in [6.07, 6.45) is 10.2. The number of nitrogens with zero attached hydrogens (tertiary/aromatic N) is 4. The molecule has 5 aliphatic rings. The first-order chi connectivity index (χ1) is 23.3. The highest BCUT2D eigenvalue weighted by atomic mass is 35.5. The van der Waals surface area contributed by atoms with Gasteiger partial charge in [-0.05, 0) is 60.9 Å². The zero-order valence-corrected chi connectivity index (χ0v) is 28.0. The minimum absolute atomic E-state index is 0.0429. The molecular formula is C37H36Cl2FN5O3. The van der Waals surface area contributed by atoms with Crippen LogP contribution in [0.5, 0.6) is 11.8 Å². The van der Waals surface area contributed by atoms with Crippen molar-refractivity contribution in [3.8, 4) is 35.2 Å². The van der Waals surface area contributed by atoms with Crippen molar-refractivity contribution in [2.45, 2.75) is 37.8 Å². The molecule has 4 atom stereocenters. The van der Waals surface area contributed by atoms with Crippen LogP contribution in [-0.4, -0.2) is 84.6 Å². The second-order valence-corrected chi connectivity index (χ2v) is 15.3. The summed E-state index contributed by atoms with van der Waals surface area (Å²) >= 11 is 13.5. The molecular weight excluding hydrogens is 652 g/mol. The number of phenols is 1. The van der Waals surface area contributed by atoms with Gasteiger partial charge in [-0.25, -0.2) is 4.39 Å². The van der Waals surface area contributed by atoms with E-state index < -0.39 is 5.82 Å². The van der Waals surface area contributed by atoms with E-state index in [1.165, 1.54) is 6.07 Å². The van der Waals surface area contributed by atoms with Gasteiger partial charge < -0.3 is 29.7 Å². The molecule has 9 rings (SSSR count). The summed E-state index contributed by atoms with van der Waals surface area (Å²) in [5.74, 6) is 3.83. The van der Waals surface area contributed by atoms with Crippen LogP contribution in [-0.2, 0) is 4.74 Å². The van der Waals surface area contributed by atoms with Gasteiger partial charge in [0.2, 0.25) is 0 Å². The van der Waals surface area contributed by atoms with Gasteiger partial charge in [0.15, 0.2) is 5.82 Å². The monoisotopic (exact) mass is 687 g/mol. The molecule has 5 fully saturated rings. The maximum Gasteiger partial charge on any atom is 0.319 e. The van der Waals surface area contributed by atoms with Gasteiger partial charge in [0.25, 0.3) is 0 Å². The van der Waals surface area contributed by atoms with E-state index in [0.29, 0.717) is 68.7 Å². The third-order valence-corrected chi connectivity index (χ3v) is 11.8. The van der Waals surface area contributed by atoms with Crippen LogP contribution in [0.25, 0.3) is 32.8 Å². The Morgan fingerprint density at radius 1 is 1.04 bits per heavy atom. The molecule has 4 saturated heterocycles. The molecule has 1 saturated carbocycles. The number of ether oxygens (including phenoxy) is 2. The highest BCUT2D eigenvalue weighted by Crippen LogP contribution is 2.48. The van der Waals surface area contributed by atoms with Gasteiger partial charge >= 0.3 is 6.01 Å². The third kappa shape index (κ3) is 5.24. The molecule has 4 aliphatic heterocycles. The number of phenolic OH excluding ortho intramolecular Hbond substituents is 1. The Morgan fingerprint density at radius 2 is 1.79 bits per heavy atom. The fourth-order valence-corrected chi connectivity index (χ4v) is 9.08. The van der Waals surface area contributed by atoms with Crippen molar-refractivity contribution in [3.05, 3.63) is 51.8 Å². The molecule has 0 radical (unpaired) electrons. The maximum absolute atomic E-state index is 17.1. The summed E-state index contributed by atoms with van der Waals surface area (Å²) in [4.78, 5) is 14.4. The Labute approximate surface area is 288 Å². The van der Waals surface area contributed by atoms with E-state index in [-0.39, 0.29) is 33.3 Å². The van der Waals surface area contributed by atoms with E-state index in [2.05, 4.69) is 21.0 Å². The average Bonchev–Trinajstić information content (AvgIpc) is 3.31. The fourth-order valence-electron chi connectivity index (χ4n) is 8.58. The maximum atomic E-state index is 17.1. The normalized spacial score (nSPS) is 25.9. The standard InChI is InChI=1S/C37H36Cl2FN5O3/c1-2-26-29(38)6-3-20-9-25(46)10-27(31(20)26)32-30(39)11-28-34(33(32)40)42-36(43-35(28)45-14-23-4-5-24(15-45)41-23)48-19-37(7-8-37)18-44-12-21-16-47-17-22(21)13-44/h1,3,6,9-11,21-24,41,46H,4-5,7-8,12-19H2. The van der Waals surface area contributed by atoms with Crippen molar-refractivity contribution in [1.82, 2.24) is 20.2 Å². The summed E-state index contributed by atoms with van der Waals surface area (Å²) in [7, 11) is 0. The molecule has 48 heavy (non-hydrogen) atoms. The topological polar surface area (TPSA) is 83.0 Å².